The Balaban J connectivity index is 2.33. The van der Waals surface area contributed by atoms with Gasteiger partial charge in [-0.3, -0.25) is 0 Å². The summed E-state index contributed by atoms with van der Waals surface area (Å²) in [4.78, 5) is 0. The number of hydrogen-bond acceptors (Lipinski definition) is 4. The van der Waals surface area contributed by atoms with Crippen molar-refractivity contribution in [3.05, 3.63) is 40.9 Å². The summed E-state index contributed by atoms with van der Waals surface area (Å²) in [6, 6.07) is 7.02. The average molecular weight is 314 g/mol. The van der Waals surface area contributed by atoms with Crippen molar-refractivity contribution in [3.8, 4) is 5.75 Å². The summed E-state index contributed by atoms with van der Waals surface area (Å²) in [6.07, 6.45) is 0. The quantitative estimate of drug-likeness (QED) is 0.235. The minimum atomic E-state index is 0.0825. The van der Waals surface area contributed by atoms with E-state index in [9.17, 15) is 0 Å². The molecule has 18 heavy (non-hydrogen) atoms. The third-order valence-electron chi connectivity index (χ3n) is 2.12. The van der Waals surface area contributed by atoms with E-state index in [-0.39, 0.29) is 5.84 Å². The minimum absolute atomic E-state index is 0.0825. The SMILES string of the molecule is C=C(Br)CNCCOc1ccc(/C(N)=N\O)cc1. The zero-order chi connectivity index (χ0) is 13.4. The van der Waals surface area contributed by atoms with Crippen molar-refractivity contribution in [2.45, 2.75) is 0 Å². The van der Waals surface area contributed by atoms with Crippen LogP contribution in [0, 0.1) is 0 Å². The first kappa shape index (κ1) is 14.5. The first-order chi connectivity index (χ1) is 8.63. The molecule has 0 saturated carbocycles. The monoisotopic (exact) mass is 313 g/mol. The Morgan fingerprint density at radius 1 is 1.44 bits per heavy atom. The third kappa shape index (κ3) is 5.20. The molecule has 0 saturated heterocycles. The number of nitrogens with zero attached hydrogens (tertiary/aromatic N) is 1. The van der Waals surface area contributed by atoms with Crippen LogP contribution in [0.25, 0.3) is 0 Å². The van der Waals surface area contributed by atoms with Crippen molar-refractivity contribution in [1.82, 2.24) is 5.32 Å². The summed E-state index contributed by atoms with van der Waals surface area (Å²) < 4.78 is 6.41. The van der Waals surface area contributed by atoms with E-state index in [1.807, 2.05) is 0 Å². The average Bonchev–Trinajstić information content (AvgIpc) is 2.38. The highest BCUT2D eigenvalue weighted by Crippen LogP contribution is 2.11. The van der Waals surface area contributed by atoms with E-state index in [1.165, 1.54) is 0 Å². The molecule has 0 amide bonds. The standard InChI is InChI=1S/C12H16BrN3O2/c1-9(13)8-15-6-7-18-11-4-2-10(3-5-11)12(14)16-17/h2-5,15,17H,1,6-8H2,(H2,14,16). The maximum absolute atomic E-state index is 8.52. The molecule has 0 aliphatic heterocycles. The molecule has 0 aliphatic carbocycles. The van der Waals surface area contributed by atoms with Gasteiger partial charge in [-0.25, -0.2) is 0 Å². The Hall–Kier alpha value is -1.53. The number of amidine groups is 1. The highest BCUT2D eigenvalue weighted by atomic mass is 79.9. The molecule has 0 heterocycles. The van der Waals surface area contributed by atoms with E-state index in [1.54, 1.807) is 24.3 Å². The van der Waals surface area contributed by atoms with Crippen molar-refractivity contribution < 1.29 is 9.94 Å². The number of hydrogen-bond donors (Lipinski definition) is 3. The number of halogens is 1. The summed E-state index contributed by atoms with van der Waals surface area (Å²) in [5.41, 5.74) is 6.10. The van der Waals surface area contributed by atoms with Gasteiger partial charge in [0.05, 0.1) is 0 Å². The van der Waals surface area contributed by atoms with Gasteiger partial charge in [-0.1, -0.05) is 27.7 Å². The minimum Gasteiger partial charge on any atom is -0.492 e. The van der Waals surface area contributed by atoms with Gasteiger partial charge >= 0.3 is 0 Å². The lowest BCUT2D eigenvalue weighted by Gasteiger charge is -2.07. The third-order valence-corrected chi connectivity index (χ3v) is 2.40. The fourth-order valence-electron chi connectivity index (χ4n) is 1.24. The van der Waals surface area contributed by atoms with E-state index < -0.39 is 0 Å². The van der Waals surface area contributed by atoms with Crippen molar-refractivity contribution >= 4 is 21.8 Å². The molecule has 5 nitrogen and oxygen atoms in total. The number of nitrogens with two attached hydrogens (primary N) is 1. The van der Waals surface area contributed by atoms with Crippen LogP contribution < -0.4 is 15.8 Å². The smallest absolute Gasteiger partial charge is 0.170 e. The van der Waals surface area contributed by atoms with Gasteiger partial charge in [0.1, 0.15) is 12.4 Å². The number of nitrogens with one attached hydrogen (secondary N) is 1. The summed E-state index contributed by atoms with van der Waals surface area (Å²) in [6.45, 7) is 5.72. The van der Waals surface area contributed by atoms with Crippen molar-refractivity contribution in [3.63, 3.8) is 0 Å². The van der Waals surface area contributed by atoms with Gasteiger partial charge in [0.2, 0.25) is 0 Å². The van der Waals surface area contributed by atoms with Crippen molar-refractivity contribution in [2.24, 2.45) is 10.9 Å². The lowest BCUT2D eigenvalue weighted by atomic mass is 10.2. The van der Waals surface area contributed by atoms with E-state index in [2.05, 4.69) is 33.0 Å². The molecule has 0 unspecified atom stereocenters. The predicted molar refractivity (Wildman–Crippen MR) is 75.4 cm³/mol. The van der Waals surface area contributed by atoms with Gasteiger partial charge in [0.25, 0.3) is 0 Å². The number of ether oxygens (including phenoxy) is 1. The summed E-state index contributed by atoms with van der Waals surface area (Å²) in [5, 5.41) is 14.6. The number of oxime groups is 1. The molecule has 1 rings (SSSR count). The second-order valence-corrected chi connectivity index (χ2v) is 4.67. The zero-order valence-electron chi connectivity index (χ0n) is 9.90. The van der Waals surface area contributed by atoms with Crippen LogP contribution in [0.15, 0.2) is 40.5 Å². The zero-order valence-corrected chi connectivity index (χ0v) is 11.5. The molecular weight excluding hydrogens is 298 g/mol. The Labute approximate surface area is 114 Å². The summed E-state index contributed by atoms with van der Waals surface area (Å²) in [5.74, 6) is 0.822. The van der Waals surface area contributed by atoms with Crippen LogP contribution >= 0.6 is 15.9 Å². The van der Waals surface area contributed by atoms with Gasteiger partial charge < -0.3 is 21.0 Å². The highest BCUT2D eigenvalue weighted by molar-refractivity contribution is 9.11. The van der Waals surface area contributed by atoms with Crippen molar-refractivity contribution in [2.75, 3.05) is 19.7 Å². The molecule has 0 aliphatic rings. The second kappa shape index (κ2) is 7.73. The molecule has 0 bridgehead atoms. The molecule has 1 aromatic rings. The lowest BCUT2D eigenvalue weighted by Crippen LogP contribution is -2.22. The lowest BCUT2D eigenvalue weighted by molar-refractivity contribution is 0.316. The van der Waals surface area contributed by atoms with Crippen LogP contribution in [0.4, 0.5) is 0 Å². The van der Waals surface area contributed by atoms with Crippen LogP contribution in [-0.2, 0) is 0 Å². The van der Waals surface area contributed by atoms with E-state index in [0.29, 0.717) is 18.7 Å². The normalized spacial score (nSPS) is 11.3. The fourth-order valence-corrected chi connectivity index (χ4v) is 1.44. The Morgan fingerprint density at radius 2 is 2.11 bits per heavy atom. The first-order valence-electron chi connectivity index (χ1n) is 5.38. The van der Waals surface area contributed by atoms with Gasteiger partial charge in [0.15, 0.2) is 5.84 Å². The maximum Gasteiger partial charge on any atom is 0.170 e. The molecule has 98 valence electrons. The van der Waals surface area contributed by atoms with Crippen LogP contribution in [0.2, 0.25) is 0 Å². The van der Waals surface area contributed by atoms with Gasteiger partial charge in [-0.05, 0) is 24.3 Å². The van der Waals surface area contributed by atoms with Gasteiger partial charge in [-0.15, -0.1) is 0 Å². The van der Waals surface area contributed by atoms with E-state index in [0.717, 1.165) is 16.8 Å². The Morgan fingerprint density at radius 3 is 2.67 bits per heavy atom. The predicted octanol–water partition coefficient (Wildman–Crippen LogP) is 1.66. The molecule has 6 heteroatoms. The fraction of sp³-hybridized carbons (Fsp3) is 0.250. The molecule has 4 N–H and O–H groups in total. The summed E-state index contributed by atoms with van der Waals surface area (Å²) >= 11 is 3.26. The van der Waals surface area contributed by atoms with Crippen LogP contribution in [0.5, 0.6) is 5.75 Å². The molecule has 0 atom stereocenters. The van der Waals surface area contributed by atoms with Gasteiger partial charge in [0, 0.05) is 23.1 Å². The maximum atomic E-state index is 8.52. The van der Waals surface area contributed by atoms with Crippen LogP contribution in [0.3, 0.4) is 0 Å². The molecule has 1 aromatic carbocycles. The number of benzene rings is 1. The molecule has 0 radical (unpaired) electrons. The molecular formula is C12H16BrN3O2. The Kier molecular flexibility index (Phi) is 6.24. The Bertz CT molecular complexity index is 418. The largest absolute Gasteiger partial charge is 0.492 e. The first-order valence-corrected chi connectivity index (χ1v) is 6.17. The molecule has 0 aromatic heterocycles. The van der Waals surface area contributed by atoms with Crippen LogP contribution in [-0.4, -0.2) is 30.7 Å². The van der Waals surface area contributed by atoms with Crippen molar-refractivity contribution in [1.29, 1.82) is 0 Å². The topological polar surface area (TPSA) is 79.9 Å². The van der Waals surface area contributed by atoms with E-state index in [4.69, 9.17) is 15.7 Å². The van der Waals surface area contributed by atoms with E-state index >= 15 is 0 Å². The second-order valence-electron chi connectivity index (χ2n) is 3.55. The van der Waals surface area contributed by atoms with Gasteiger partial charge in [-0.2, -0.15) is 0 Å². The van der Waals surface area contributed by atoms with Crippen LogP contribution in [0.1, 0.15) is 5.56 Å². The highest BCUT2D eigenvalue weighted by Gasteiger charge is 1.99. The number of rotatable bonds is 7. The summed E-state index contributed by atoms with van der Waals surface area (Å²) in [7, 11) is 0. The molecule has 0 fully saturated rings. The molecule has 0 spiro atoms.